The lowest BCUT2D eigenvalue weighted by atomic mass is 9.72. The summed E-state index contributed by atoms with van der Waals surface area (Å²) in [6.45, 7) is 14.7. The van der Waals surface area contributed by atoms with E-state index in [1.165, 1.54) is 19.1 Å². The first-order valence-electron chi connectivity index (χ1n) is 14.6. The highest BCUT2D eigenvalue weighted by molar-refractivity contribution is 5.73. The highest BCUT2D eigenvalue weighted by Crippen LogP contribution is 2.51. The monoisotopic (exact) mass is 554 g/mol. The number of hydrogen-bond acceptors (Lipinski definition) is 6. The van der Waals surface area contributed by atoms with E-state index in [0.29, 0.717) is 6.42 Å². The molecule has 0 bridgehead atoms. The van der Waals surface area contributed by atoms with Crippen molar-refractivity contribution in [2.45, 2.75) is 116 Å². The normalized spacial score (nSPS) is 19.7. The molecule has 220 valence electrons. The van der Waals surface area contributed by atoms with E-state index in [9.17, 15) is 14.3 Å². The van der Waals surface area contributed by atoms with Gasteiger partial charge in [-0.2, -0.15) is 0 Å². The van der Waals surface area contributed by atoms with Crippen molar-refractivity contribution in [3.05, 3.63) is 53.0 Å². The van der Waals surface area contributed by atoms with Crippen LogP contribution in [-0.2, 0) is 17.6 Å². The molecule has 1 aromatic carbocycles. The number of benzene rings is 1. The highest BCUT2D eigenvalue weighted by atomic mass is 19.1. The zero-order chi connectivity index (χ0) is 29.3. The van der Waals surface area contributed by atoms with Crippen molar-refractivity contribution in [3.8, 4) is 5.75 Å². The zero-order valence-electron chi connectivity index (χ0n) is 25.2. The van der Waals surface area contributed by atoms with Gasteiger partial charge >= 0.3 is 0 Å². The van der Waals surface area contributed by atoms with Crippen molar-refractivity contribution in [3.63, 3.8) is 0 Å². The summed E-state index contributed by atoms with van der Waals surface area (Å²) in [6.07, 6.45) is 4.29. The topological polar surface area (TPSA) is 95.5 Å². The van der Waals surface area contributed by atoms with Crippen LogP contribution in [0.3, 0.4) is 0 Å². The molecule has 2 aromatic rings. The lowest BCUT2D eigenvalue weighted by Gasteiger charge is -2.49. The number of aliphatic hydroxyl groups excluding tert-OH is 1. The van der Waals surface area contributed by atoms with Gasteiger partial charge in [-0.3, -0.25) is 4.79 Å². The van der Waals surface area contributed by atoms with E-state index in [-0.39, 0.29) is 40.9 Å². The summed E-state index contributed by atoms with van der Waals surface area (Å²) in [6, 6.07) is 7.78. The Kier molecular flexibility index (Phi) is 8.81. The number of nitrogens with one attached hydrogen (secondary N) is 3. The third-order valence-corrected chi connectivity index (χ3v) is 7.59. The Hall–Kier alpha value is -2.71. The van der Waals surface area contributed by atoms with Gasteiger partial charge in [-0.1, -0.05) is 32.9 Å². The van der Waals surface area contributed by atoms with E-state index in [1.807, 2.05) is 0 Å². The second-order valence-corrected chi connectivity index (χ2v) is 14.0. The molecule has 7 nitrogen and oxygen atoms in total. The molecule has 1 aromatic heterocycles. The smallest absolute Gasteiger partial charge is 0.217 e. The van der Waals surface area contributed by atoms with Gasteiger partial charge in [-0.25, -0.2) is 9.37 Å². The molecule has 8 heteroatoms. The number of rotatable bonds is 9. The Morgan fingerprint density at radius 3 is 2.40 bits per heavy atom. The number of amides is 1. The van der Waals surface area contributed by atoms with Gasteiger partial charge in [0.2, 0.25) is 5.91 Å². The van der Waals surface area contributed by atoms with Gasteiger partial charge in [-0.15, -0.1) is 0 Å². The molecular weight excluding hydrogens is 507 g/mol. The Balaban J connectivity index is 1.61. The molecule has 1 fully saturated rings. The van der Waals surface area contributed by atoms with Crippen LogP contribution in [0, 0.1) is 11.2 Å². The fourth-order valence-corrected chi connectivity index (χ4v) is 5.67. The Bertz CT molecular complexity index is 1180. The van der Waals surface area contributed by atoms with Crippen LogP contribution in [0.1, 0.15) is 97.0 Å². The molecule has 4 rings (SSSR count). The standard InChI is InChI=1S/C32H47FN4O3/c1-20(38)35-25(15-21-9-11-22(33)12-10-21)27(39)19-34-26-18-32(13-8-14-32)40-28-24(26)16-23(17-30(2,3)4)36-29(28)37-31(5,6)7/h9-12,16,25-27,34,39H,8,13-15,17-19H2,1-7H3,(H,35,38)(H,36,37)/t25-,26-,27-/m0/s1. The average molecular weight is 555 g/mol. The van der Waals surface area contributed by atoms with Crippen LogP contribution in [0.15, 0.2) is 30.3 Å². The first-order chi connectivity index (χ1) is 18.6. The van der Waals surface area contributed by atoms with Crippen LogP contribution < -0.4 is 20.7 Å². The molecule has 3 atom stereocenters. The number of anilines is 1. The minimum atomic E-state index is -0.847. The fourth-order valence-electron chi connectivity index (χ4n) is 5.67. The highest BCUT2D eigenvalue weighted by Gasteiger charge is 2.47. The maximum Gasteiger partial charge on any atom is 0.217 e. The van der Waals surface area contributed by atoms with Crippen LogP contribution >= 0.6 is 0 Å². The third kappa shape index (κ3) is 7.94. The maximum absolute atomic E-state index is 13.4. The number of halogens is 1. The van der Waals surface area contributed by atoms with Gasteiger partial charge in [0.25, 0.3) is 0 Å². The van der Waals surface area contributed by atoms with Crippen LogP contribution in [0.25, 0.3) is 0 Å². The number of ether oxygens (including phenoxy) is 1. The SMILES string of the molecule is CC(=O)N[C@@H](Cc1ccc(F)cc1)[C@@H](O)CN[C@H]1CC2(CCC2)Oc2c1cc(CC(C)(C)C)nc2NC(C)(C)C. The molecule has 2 aliphatic rings. The predicted octanol–water partition coefficient (Wildman–Crippen LogP) is 5.46. The van der Waals surface area contributed by atoms with Crippen molar-refractivity contribution in [2.24, 2.45) is 5.41 Å². The van der Waals surface area contributed by atoms with Crippen molar-refractivity contribution in [1.29, 1.82) is 0 Å². The van der Waals surface area contributed by atoms with Crippen LogP contribution in [0.4, 0.5) is 10.2 Å². The Labute approximate surface area is 238 Å². The molecule has 4 N–H and O–H groups in total. The van der Waals surface area contributed by atoms with Gasteiger partial charge in [0.15, 0.2) is 11.6 Å². The number of carbonyl (C=O) groups excluding carboxylic acids is 1. The largest absolute Gasteiger partial charge is 0.483 e. The summed E-state index contributed by atoms with van der Waals surface area (Å²) in [5, 5.41) is 21.4. The lowest BCUT2D eigenvalue weighted by Crippen LogP contribution is -2.52. The second kappa shape index (κ2) is 11.6. The zero-order valence-corrected chi connectivity index (χ0v) is 25.2. The van der Waals surface area contributed by atoms with Gasteiger partial charge in [0.1, 0.15) is 11.4 Å². The molecule has 40 heavy (non-hydrogen) atoms. The predicted molar refractivity (Wildman–Crippen MR) is 157 cm³/mol. The van der Waals surface area contributed by atoms with E-state index < -0.39 is 12.1 Å². The average Bonchev–Trinajstić information content (AvgIpc) is 2.80. The minimum Gasteiger partial charge on any atom is -0.483 e. The van der Waals surface area contributed by atoms with Crippen LogP contribution in [0.2, 0.25) is 0 Å². The van der Waals surface area contributed by atoms with E-state index in [0.717, 1.165) is 60.5 Å². The molecule has 0 radical (unpaired) electrons. The first kappa shape index (κ1) is 30.3. The van der Waals surface area contributed by atoms with E-state index in [2.05, 4.69) is 63.6 Å². The number of aliphatic hydroxyl groups is 1. The van der Waals surface area contributed by atoms with E-state index >= 15 is 0 Å². The van der Waals surface area contributed by atoms with Crippen LogP contribution in [-0.4, -0.2) is 45.8 Å². The summed E-state index contributed by atoms with van der Waals surface area (Å²) in [4.78, 5) is 17.0. The number of aromatic nitrogens is 1. The van der Waals surface area contributed by atoms with E-state index in [4.69, 9.17) is 9.72 Å². The summed E-state index contributed by atoms with van der Waals surface area (Å²) < 4.78 is 20.2. The second-order valence-electron chi connectivity index (χ2n) is 14.0. The number of carbonyl (C=O) groups is 1. The summed E-state index contributed by atoms with van der Waals surface area (Å²) in [5.74, 6) is 1.04. The van der Waals surface area contributed by atoms with Crippen molar-refractivity contribution < 1.29 is 19.0 Å². The Morgan fingerprint density at radius 2 is 1.85 bits per heavy atom. The van der Waals surface area contributed by atoms with Crippen LogP contribution in [0.5, 0.6) is 5.75 Å². The molecule has 2 heterocycles. The summed E-state index contributed by atoms with van der Waals surface area (Å²) in [7, 11) is 0. The van der Waals surface area contributed by atoms with Gasteiger partial charge < -0.3 is 25.8 Å². The quantitative estimate of drug-likeness (QED) is 0.329. The fraction of sp³-hybridized carbons (Fsp3) is 0.625. The summed E-state index contributed by atoms with van der Waals surface area (Å²) >= 11 is 0. The molecule has 1 saturated carbocycles. The molecular formula is C32H47FN4O3. The van der Waals surface area contributed by atoms with Gasteiger partial charge in [-0.05, 0) is 82.1 Å². The maximum atomic E-state index is 13.4. The van der Waals surface area contributed by atoms with Crippen molar-refractivity contribution in [2.75, 3.05) is 11.9 Å². The summed E-state index contributed by atoms with van der Waals surface area (Å²) in [5.41, 5.74) is 2.55. The number of hydrogen-bond donors (Lipinski definition) is 4. The van der Waals surface area contributed by atoms with Crippen molar-refractivity contribution in [1.82, 2.24) is 15.6 Å². The molecule has 1 amide bonds. The third-order valence-electron chi connectivity index (χ3n) is 7.59. The molecule has 0 saturated heterocycles. The molecule has 1 spiro atoms. The Morgan fingerprint density at radius 1 is 1.18 bits per heavy atom. The minimum absolute atomic E-state index is 0.0373. The molecule has 1 aliphatic heterocycles. The number of nitrogens with zero attached hydrogens (tertiary/aromatic N) is 1. The van der Waals surface area contributed by atoms with E-state index in [1.54, 1.807) is 12.1 Å². The first-order valence-corrected chi connectivity index (χ1v) is 14.6. The number of pyridine rings is 1. The molecule has 0 unspecified atom stereocenters. The van der Waals surface area contributed by atoms with Gasteiger partial charge in [0.05, 0.1) is 12.1 Å². The lowest BCUT2D eigenvalue weighted by molar-refractivity contribution is -0.120. The molecule has 1 aliphatic carbocycles. The van der Waals surface area contributed by atoms with Gasteiger partial charge in [0, 0.05) is 42.7 Å². The number of fused-ring (bicyclic) bond motifs is 1. The van der Waals surface area contributed by atoms with Crippen molar-refractivity contribution >= 4 is 11.7 Å².